The number of rotatable bonds is 13. The molecule has 3 fully saturated rings. The molecule has 2 aromatic heterocycles. The molecule has 3 aliphatic rings. The Morgan fingerprint density at radius 3 is 2.40 bits per heavy atom. The van der Waals surface area contributed by atoms with E-state index in [1.807, 2.05) is 45.0 Å². The molecule has 4 heterocycles. The topological polar surface area (TPSA) is 163 Å². The summed E-state index contributed by atoms with van der Waals surface area (Å²) in [5, 5.41) is 12.8. The number of carbonyl (C=O) groups is 1. The highest BCUT2D eigenvalue weighted by atomic mass is 32.2. The first-order valence-corrected chi connectivity index (χ1v) is 25.0. The lowest BCUT2D eigenvalue weighted by Gasteiger charge is -2.58. The maximum atomic E-state index is 14.0. The van der Waals surface area contributed by atoms with Gasteiger partial charge in [0.15, 0.2) is 0 Å². The average Bonchev–Trinajstić information content (AvgIpc) is 3.79. The first-order chi connectivity index (χ1) is 32.5. The number of methoxy groups -OCH3 is 1. The lowest BCUT2D eigenvalue weighted by molar-refractivity contribution is -0.386. The minimum atomic E-state index is -4.53. The normalized spacial score (nSPS) is 18.2. The molecule has 1 spiro atoms. The van der Waals surface area contributed by atoms with E-state index in [4.69, 9.17) is 9.47 Å². The highest BCUT2D eigenvalue weighted by Crippen LogP contribution is 2.53. The summed E-state index contributed by atoms with van der Waals surface area (Å²) in [6.07, 6.45) is 7.67. The van der Waals surface area contributed by atoms with Crippen LogP contribution in [-0.4, -0.2) is 84.9 Å². The molecule has 14 nitrogen and oxygen atoms in total. The largest absolute Gasteiger partial charge is 0.497 e. The molecule has 9 rings (SSSR count). The summed E-state index contributed by atoms with van der Waals surface area (Å²) >= 11 is 0. The lowest BCUT2D eigenvalue weighted by atomic mass is 9.59. The molecule has 1 saturated carbocycles. The number of piperazine rings is 1. The van der Waals surface area contributed by atoms with Gasteiger partial charge in [0.05, 0.1) is 28.7 Å². The highest BCUT2D eigenvalue weighted by Gasteiger charge is 2.50. The van der Waals surface area contributed by atoms with Crippen LogP contribution in [-0.2, 0) is 22.0 Å². The molecule has 2 saturated heterocycles. The first kappa shape index (κ1) is 46.8. The van der Waals surface area contributed by atoms with E-state index in [0.29, 0.717) is 35.0 Å². The number of hydrogen-bond donors (Lipinski definition) is 2. The molecule has 4 aromatic carbocycles. The Labute approximate surface area is 398 Å². The molecule has 0 bridgehead atoms. The predicted octanol–water partition coefficient (Wildman–Crippen LogP) is 10.1. The number of nitro benzene ring substituents is 1. The number of aromatic nitrogens is 2. The number of nitrogens with zero attached hydrogens (tertiary/aromatic N) is 5. The van der Waals surface area contributed by atoms with Crippen LogP contribution in [0.4, 0.5) is 11.4 Å². The zero-order chi connectivity index (χ0) is 48.0. The number of nitro groups is 1. The second-order valence-electron chi connectivity index (χ2n) is 20.2. The van der Waals surface area contributed by atoms with Gasteiger partial charge in [0.1, 0.15) is 22.9 Å². The van der Waals surface area contributed by atoms with Crippen molar-refractivity contribution in [1.82, 2.24) is 24.5 Å². The van der Waals surface area contributed by atoms with Gasteiger partial charge in [-0.15, -0.1) is 0 Å². The van der Waals surface area contributed by atoms with Gasteiger partial charge in [-0.3, -0.25) is 24.7 Å². The summed E-state index contributed by atoms with van der Waals surface area (Å²) in [6.45, 7) is 15.5. The van der Waals surface area contributed by atoms with E-state index in [1.54, 1.807) is 37.7 Å². The molecular weight excluding hydrogens is 879 g/mol. The molecule has 0 radical (unpaired) electrons. The summed E-state index contributed by atoms with van der Waals surface area (Å²) in [5.74, 6) is 0.888. The molecular formula is C53H61N7O7S. The Balaban J connectivity index is 0.913. The van der Waals surface area contributed by atoms with Crippen molar-refractivity contribution in [2.75, 3.05) is 44.7 Å². The van der Waals surface area contributed by atoms with E-state index in [2.05, 4.69) is 79.6 Å². The number of aromatic amines is 1. The fraction of sp³-hybridized carbons (Fsp3) is 0.396. The first-order valence-electron chi connectivity index (χ1n) is 23.6. The van der Waals surface area contributed by atoms with Crippen LogP contribution >= 0.6 is 0 Å². The Bertz CT molecular complexity index is 2930. The van der Waals surface area contributed by atoms with Gasteiger partial charge in [0.25, 0.3) is 21.6 Å². The number of anilines is 1. The van der Waals surface area contributed by atoms with Gasteiger partial charge in [0, 0.05) is 86.3 Å². The zero-order valence-electron chi connectivity index (χ0n) is 39.7. The van der Waals surface area contributed by atoms with Crippen molar-refractivity contribution in [1.29, 1.82) is 0 Å². The van der Waals surface area contributed by atoms with E-state index in [-0.39, 0.29) is 22.4 Å². The maximum absolute atomic E-state index is 14.0. The third kappa shape index (κ3) is 9.69. The van der Waals surface area contributed by atoms with Gasteiger partial charge in [-0.25, -0.2) is 18.1 Å². The van der Waals surface area contributed by atoms with Crippen molar-refractivity contribution in [3.8, 4) is 17.2 Å². The summed E-state index contributed by atoms with van der Waals surface area (Å²) in [4.78, 5) is 40.2. The SMILES string of the molecule is COc1ccc(CN2CCN(C3CC4(CCN(c5ccc(C(=O)NS(=O)(=O)c6ccc(C(C)(C)C)c([N+](=O)[O-])c6)c(Oc6cnc7[nH]ccc7c6)c5)CC4)C3)C(c3ccccc3C(C)C)C2)cc1. The predicted molar refractivity (Wildman–Crippen MR) is 264 cm³/mol. The van der Waals surface area contributed by atoms with E-state index >= 15 is 0 Å². The van der Waals surface area contributed by atoms with E-state index in [9.17, 15) is 23.3 Å². The number of nitrogens with one attached hydrogen (secondary N) is 2. The summed E-state index contributed by atoms with van der Waals surface area (Å²) in [5.41, 5.74) is 5.32. The van der Waals surface area contributed by atoms with Crippen LogP contribution in [0.25, 0.3) is 11.0 Å². The highest BCUT2D eigenvalue weighted by molar-refractivity contribution is 7.90. The Morgan fingerprint density at radius 1 is 0.941 bits per heavy atom. The van der Waals surface area contributed by atoms with Crippen molar-refractivity contribution in [3.63, 3.8) is 0 Å². The van der Waals surface area contributed by atoms with Gasteiger partial charge in [-0.2, -0.15) is 0 Å². The molecule has 2 aliphatic heterocycles. The number of piperidine rings is 1. The minimum absolute atomic E-state index is 0.0136. The van der Waals surface area contributed by atoms with E-state index in [0.717, 1.165) is 87.8 Å². The number of hydrogen-bond acceptors (Lipinski definition) is 11. The van der Waals surface area contributed by atoms with Gasteiger partial charge < -0.3 is 19.4 Å². The van der Waals surface area contributed by atoms with Gasteiger partial charge in [-0.05, 0) is 102 Å². The number of carbonyl (C=O) groups excluding carboxylic acids is 1. The van der Waals surface area contributed by atoms with Crippen LogP contribution in [0.3, 0.4) is 0 Å². The monoisotopic (exact) mass is 939 g/mol. The van der Waals surface area contributed by atoms with Crippen molar-refractivity contribution in [3.05, 3.63) is 147 Å². The lowest BCUT2D eigenvalue weighted by Crippen LogP contribution is -2.60. The second kappa shape index (κ2) is 18.7. The number of ether oxygens (including phenoxy) is 2. The fourth-order valence-electron chi connectivity index (χ4n) is 10.6. The Hall–Kier alpha value is -6.29. The van der Waals surface area contributed by atoms with Crippen LogP contribution in [0.1, 0.15) is 105 Å². The standard InChI is InChI=1S/C53H61N7O7S/c1-35(2)43-9-7-8-10-44(43)48-34-57(33-36-11-14-40(66-6)15-12-36)25-26-59(48)39-30-53(31-39)20-23-58(24-21-53)38-13-17-45(49(28-38)67-41-27-37-19-22-54-50(37)55-32-41)51(61)56-68(64,65)42-16-18-46(52(3,4)5)47(29-42)60(62)63/h7-19,22,27-29,32,35,39,48H,20-21,23-26,30-31,33-34H2,1-6H3,(H,54,55)(H,56,61). The van der Waals surface area contributed by atoms with Crippen LogP contribution < -0.4 is 19.1 Å². The Morgan fingerprint density at radius 2 is 1.69 bits per heavy atom. The van der Waals surface area contributed by atoms with Crippen molar-refractivity contribution in [2.24, 2.45) is 5.41 Å². The molecule has 68 heavy (non-hydrogen) atoms. The number of sulfonamides is 1. The molecule has 1 atom stereocenters. The van der Waals surface area contributed by atoms with Gasteiger partial charge in [0.2, 0.25) is 0 Å². The molecule has 2 N–H and O–H groups in total. The van der Waals surface area contributed by atoms with Crippen LogP contribution in [0, 0.1) is 15.5 Å². The summed E-state index contributed by atoms with van der Waals surface area (Å²) in [7, 11) is -2.83. The number of fused-ring (bicyclic) bond motifs is 1. The van der Waals surface area contributed by atoms with E-state index < -0.39 is 31.2 Å². The quantitative estimate of drug-likeness (QED) is 0.0837. The number of pyridine rings is 1. The Kier molecular flexibility index (Phi) is 12.8. The molecule has 1 amide bonds. The average molecular weight is 940 g/mol. The smallest absolute Gasteiger partial charge is 0.274 e. The summed E-state index contributed by atoms with van der Waals surface area (Å²) in [6, 6.07) is 30.8. The van der Waals surface area contributed by atoms with E-state index in [1.165, 1.54) is 28.8 Å². The summed E-state index contributed by atoms with van der Waals surface area (Å²) < 4.78 is 41.3. The third-order valence-electron chi connectivity index (χ3n) is 14.4. The van der Waals surface area contributed by atoms with Crippen LogP contribution in [0.5, 0.6) is 17.2 Å². The number of benzene rings is 4. The van der Waals surface area contributed by atoms with Gasteiger partial charge >= 0.3 is 0 Å². The molecule has 15 heteroatoms. The van der Waals surface area contributed by atoms with Crippen molar-refractivity contribution in [2.45, 2.75) is 95.2 Å². The number of H-pyrrole nitrogens is 1. The zero-order valence-corrected chi connectivity index (χ0v) is 40.5. The van der Waals surface area contributed by atoms with Crippen LogP contribution in [0.2, 0.25) is 0 Å². The molecule has 1 unspecified atom stereocenters. The molecule has 6 aromatic rings. The number of amides is 1. The second-order valence-corrected chi connectivity index (χ2v) is 21.8. The third-order valence-corrected chi connectivity index (χ3v) is 15.7. The maximum Gasteiger partial charge on any atom is 0.274 e. The van der Waals surface area contributed by atoms with Crippen molar-refractivity contribution < 1.29 is 27.6 Å². The molecule has 1 aliphatic carbocycles. The minimum Gasteiger partial charge on any atom is -0.497 e. The van der Waals surface area contributed by atoms with Gasteiger partial charge in [-0.1, -0.05) is 77.1 Å². The van der Waals surface area contributed by atoms with Crippen molar-refractivity contribution >= 4 is 38.3 Å². The fourth-order valence-corrected chi connectivity index (χ4v) is 11.6. The van der Waals surface area contributed by atoms with Crippen LogP contribution in [0.15, 0.2) is 114 Å². The molecule has 356 valence electrons.